The number of anilines is 2. The summed E-state index contributed by atoms with van der Waals surface area (Å²) in [4.78, 5) is 44.1. The number of rotatable bonds is 19. The van der Waals surface area contributed by atoms with Crippen LogP contribution in [0.1, 0.15) is 17.5 Å². The van der Waals surface area contributed by atoms with Crippen LogP contribution in [0.5, 0.6) is 11.5 Å². The molecule has 1 unspecified atom stereocenters. The second-order valence-corrected chi connectivity index (χ2v) is 13.9. The van der Waals surface area contributed by atoms with E-state index in [1.807, 2.05) is 0 Å². The Bertz CT molecular complexity index is 2130. The molecular formula is C40H41F4N5O7S. The van der Waals surface area contributed by atoms with E-state index in [-0.39, 0.29) is 30.6 Å². The lowest BCUT2D eigenvalue weighted by molar-refractivity contribution is -0.120. The van der Waals surface area contributed by atoms with Crippen LogP contribution in [0, 0.1) is 23.3 Å². The van der Waals surface area contributed by atoms with Crippen molar-refractivity contribution in [2.45, 2.75) is 31.3 Å². The van der Waals surface area contributed by atoms with Crippen molar-refractivity contribution >= 4 is 39.4 Å². The first-order chi connectivity index (χ1) is 27.1. The predicted molar refractivity (Wildman–Crippen MR) is 207 cm³/mol. The highest BCUT2D eigenvalue weighted by Crippen LogP contribution is 2.23. The third kappa shape index (κ3) is 12.7. The van der Waals surface area contributed by atoms with Crippen molar-refractivity contribution < 1.29 is 49.8 Å². The quantitative estimate of drug-likeness (QED) is 0.0809. The number of benzene rings is 4. The topological polar surface area (TPSA) is 146 Å². The molecule has 4 aromatic rings. The molecule has 57 heavy (non-hydrogen) atoms. The number of halogens is 4. The third-order valence-corrected chi connectivity index (χ3v) is 9.37. The van der Waals surface area contributed by atoms with Crippen molar-refractivity contribution in [2.75, 3.05) is 37.1 Å². The number of hydrogen-bond donors (Lipinski definition) is 3. The number of urea groups is 1. The SMILES string of the molecule is C=CCCN(C(=O)[C@H](Cc1cc(F)cc(F)c1)NS(=O)(=O)NC(=O)NC(Cc1cc(F)cc(F)c1)C(=O)N(CC=C)c1ccc(OC)cc1)c1ccc(OC)cc1. The molecule has 0 spiro atoms. The summed E-state index contributed by atoms with van der Waals surface area (Å²) in [5, 5.41) is 2.26. The number of carbonyl (C=O) groups excluding carboxylic acids is 3. The van der Waals surface area contributed by atoms with Crippen molar-refractivity contribution in [1.82, 2.24) is 14.8 Å². The Kier molecular flexibility index (Phi) is 15.4. The predicted octanol–water partition coefficient (Wildman–Crippen LogP) is 5.74. The molecule has 3 N–H and O–H groups in total. The maximum atomic E-state index is 14.2. The van der Waals surface area contributed by atoms with Gasteiger partial charge in [0.1, 0.15) is 46.9 Å². The van der Waals surface area contributed by atoms with Crippen LogP contribution in [-0.2, 0) is 32.6 Å². The summed E-state index contributed by atoms with van der Waals surface area (Å²) >= 11 is 0. The van der Waals surface area contributed by atoms with Crippen molar-refractivity contribution in [3.63, 3.8) is 0 Å². The van der Waals surface area contributed by atoms with Gasteiger partial charge in [-0.15, -0.1) is 13.2 Å². The highest BCUT2D eigenvalue weighted by atomic mass is 32.2. The van der Waals surface area contributed by atoms with Crippen molar-refractivity contribution in [3.8, 4) is 11.5 Å². The lowest BCUT2D eigenvalue weighted by Crippen LogP contribution is -2.57. The number of nitrogens with one attached hydrogen (secondary N) is 3. The van der Waals surface area contributed by atoms with Gasteiger partial charge in [-0.2, -0.15) is 13.1 Å². The number of hydrogen-bond acceptors (Lipinski definition) is 7. The van der Waals surface area contributed by atoms with E-state index in [1.165, 1.54) is 36.2 Å². The zero-order valence-corrected chi connectivity index (χ0v) is 31.8. The van der Waals surface area contributed by atoms with Crippen LogP contribution < -0.4 is 34.0 Å². The van der Waals surface area contributed by atoms with Gasteiger partial charge in [-0.05, 0) is 96.8 Å². The monoisotopic (exact) mass is 811 g/mol. The van der Waals surface area contributed by atoms with E-state index < -0.39 is 76.2 Å². The molecule has 0 aliphatic carbocycles. The molecular weight excluding hydrogens is 771 g/mol. The largest absolute Gasteiger partial charge is 0.497 e. The summed E-state index contributed by atoms with van der Waals surface area (Å²) in [6.07, 6.45) is 2.11. The number of nitrogens with zero attached hydrogens (tertiary/aromatic N) is 2. The van der Waals surface area contributed by atoms with Crippen LogP contribution in [0.2, 0.25) is 0 Å². The first kappa shape index (κ1) is 43.5. The average molecular weight is 812 g/mol. The smallest absolute Gasteiger partial charge is 0.330 e. The second-order valence-electron chi connectivity index (χ2n) is 12.5. The average Bonchev–Trinajstić information content (AvgIpc) is 3.15. The number of ether oxygens (including phenoxy) is 2. The first-order valence-corrected chi connectivity index (χ1v) is 18.8. The molecule has 0 heterocycles. The Balaban J connectivity index is 1.66. The fraction of sp³-hybridized carbons (Fsp3) is 0.225. The zero-order chi connectivity index (χ0) is 41.7. The van der Waals surface area contributed by atoms with E-state index in [0.29, 0.717) is 35.0 Å². The molecule has 4 rings (SSSR count). The summed E-state index contributed by atoms with van der Waals surface area (Å²) in [6.45, 7) is 7.26. The van der Waals surface area contributed by atoms with E-state index in [4.69, 9.17) is 9.47 Å². The third-order valence-electron chi connectivity index (χ3n) is 8.32. The first-order valence-electron chi connectivity index (χ1n) is 17.3. The van der Waals surface area contributed by atoms with Gasteiger partial charge in [0.25, 0.3) is 0 Å². The summed E-state index contributed by atoms with van der Waals surface area (Å²) < 4.78 is 98.3. The van der Waals surface area contributed by atoms with Gasteiger partial charge in [0.05, 0.1) is 14.2 Å². The van der Waals surface area contributed by atoms with Crippen LogP contribution in [0.4, 0.5) is 33.7 Å². The highest BCUT2D eigenvalue weighted by Gasteiger charge is 2.33. The molecule has 0 saturated carbocycles. The Labute approximate surface area is 328 Å². The summed E-state index contributed by atoms with van der Waals surface area (Å²) in [6, 6.07) is 12.5. The van der Waals surface area contributed by atoms with Gasteiger partial charge in [0.2, 0.25) is 11.8 Å². The van der Waals surface area contributed by atoms with Gasteiger partial charge in [-0.25, -0.2) is 27.1 Å². The fourth-order valence-electron chi connectivity index (χ4n) is 5.77. The lowest BCUT2D eigenvalue weighted by Gasteiger charge is -2.29. The lowest BCUT2D eigenvalue weighted by atomic mass is 10.0. The Hall–Kier alpha value is -6.20. The molecule has 17 heteroatoms. The van der Waals surface area contributed by atoms with E-state index in [2.05, 4.69) is 23.2 Å². The van der Waals surface area contributed by atoms with E-state index >= 15 is 0 Å². The molecule has 12 nitrogen and oxygen atoms in total. The number of carbonyl (C=O) groups is 3. The fourth-order valence-corrected chi connectivity index (χ4v) is 6.69. The number of methoxy groups -OCH3 is 2. The van der Waals surface area contributed by atoms with Crippen LogP contribution in [-0.4, -0.2) is 65.7 Å². The minimum atomic E-state index is -5.02. The van der Waals surface area contributed by atoms with Crippen LogP contribution in [0.3, 0.4) is 0 Å². The molecule has 0 fully saturated rings. The molecule has 0 aliphatic rings. The summed E-state index contributed by atoms with van der Waals surface area (Å²) in [5.74, 6) is -4.63. The minimum absolute atomic E-state index is 0.0121. The maximum absolute atomic E-state index is 14.2. The Morgan fingerprint density at radius 3 is 1.56 bits per heavy atom. The molecule has 0 aromatic heterocycles. The summed E-state index contributed by atoms with van der Waals surface area (Å²) in [7, 11) is -2.13. The zero-order valence-electron chi connectivity index (χ0n) is 31.0. The van der Waals surface area contributed by atoms with Gasteiger partial charge in [-0.3, -0.25) is 9.59 Å². The van der Waals surface area contributed by atoms with Crippen LogP contribution >= 0.6 is 0 Å². The molecule has 0 aliphatic heterocycles. The molecule has 0 bridgehead atoms. The highest BCUT2D eigenvalue weighted by molar-refractivity contribution is 7.88. The van der Waals surface area contributed by atoms with Gasteiger partial charge < -0.3 is 24.6 Å². The molecule has 0 radical (unpaired) electrons. The molecule has 4 amide bonds. The van der Waals surface area contributed by atoms with Crippen molar-refractivity contribution in [1.29, 1.82) is 0 Å². The van der Waals surface area contributed by atoms with Gasteiger partial charge in [0.15, 0.2) is 0 Å². The second kappa shape index (κ2) is 20.1. The number of amides is 4. The van der Waals surface area contributed by atoms with E-state index in [0.717, 1.165) is 24.3 Å². The van der Waals surface area contributed by atoms with Gasteiger partial charge in [0, 0.05) is 43.0 Å². The standard InChI is InChI=1S/C40H41F4N5O7S/c1-5-7-17-49(33-10-14-35(56-4)15-11-33)39(51)37(23-27-20-30(43)25-31(44)21-27)46-57(53,54)47-40(52)45-36(22-26-18-28(41)24-29(42)19-26)38(50)48(16-6-2)32-8-12-34(55-3)13-9-32/h5-6,8-15,18-21,24-25,36-37,46H,1-2,7,16-17,22-23H2,3-4H3,(H2,45,47,52)/t36?,37-/m0/s1. The molecule has 302 valence electrons. The maximum Gasteiger partial charge on any atom is 0.330 e. The van der Waals surface area contributed by atoms with Crippen LogP contribution in [0.15, 0.2) is 110 Å². The molecule has 2 atom stereocenters. The Morgan fingerprint density at radius 1 is 0.684 bits per heavy atom. The van der Waals surface area contributed by atoms with Crippen molar-refractivity contribution in [3.05, 3.63) is 145 Å². The molecule has 0 saturated heterocycles. The van der Waals surface area contributed by atoms with E-state index in [9.17, 15) is 40.4 Å². The minimum Gasteiger partial charge on any atom is -0.497 e. The van der Waals surface area contributed by atoms with Gasteiger partial charge in [-0.1, -0.05) is 12.2 Å². The summed E-state index contributed by atoms with van der Waals surface area (Å²) in [5.41, 5.74) is 0.497. The normalized spacial score (nSPS) is 12.1. The van der Waals surface area contributed by atoms with Crippen LogP contribution in [0.25, 0.3) is 0 Å². The Morgan fingerprint density at radius 2 is 1.12 bits per heavy atom. The van der Waals surface area contributed by atoms with Crippen molar-refractivity contribution in [2.24, 2.45) is 0 Å². The van der Waals surface area contributed by atoms with E-state index in [1.54, 1.807) is 53.3 Å². The molecule has 4 aromatic carbocycles. The van der Waals surface area contributed by atoms with Gasteiger partial charge >= 0.3 is 16.2 Å².